The van der Waals surface area contributed by atoms with Crippen LogP contribution in [0.15, 0.2) is 10.6 Å². The number of nitrogens with one attached hydrogen (secondary N) is 1. The molecule has 14 heavy (non-hydrogen) atoms. The van der Waals surface area contributed by atoms with Gasteiger partial charge in [0.2, 0.25) is 5.89 Å². The van der Waals surface area contributed by atoms with E-state index in [2.05, 4.69) is 17.2 Å². The second-order valence-corrected chi connectivity index (χ2v) is 3.10. The number of hydrogen-bond donors (Lipinski definition) is 1. The highest BCUT2D eigenvalue weighted by Crippen LogP contribution is 2.06. The number of aryl methyl sites for hydroxylation is 1. The molecule has 0 saturated heterocycles. The smallest absolute Gasteiger partial charge is 0.208 e. The molecule has 1 heterocycles. The maximum Gasteiger partial charge on any atom is 0.208 e. The van der Waals surface area contributed by atoms with Crippen LogP contribution in [0.1, 0.15) is 25.0 Å². The molecule has 0 aliphatic rings. The largest absolute Gasteiger partial charge is 0.444 e. The van der Waals surface area contributed by atoms with Crippen LogP contribution in [-0.2, 0) is 17.7 Å². The van der Waals surface area contributed by atoms with Crippen LogP contribution in [0.4, 0.5) is 0 Å². The van der Waals surface area contributed by atoms with Gasteiger partial charge in [-0.05, 0) is 13.0 Å². The van der Waals surface area contributed by atoms with E-state index in [9.17, 15) is 0 Å². The molecule has 0 saturated carbocycles. The van der Waals surface area contributed by atoms with Crippen molar-refractivity contribution in [1.82, 2.24) is 10.3 Å². The first-order valence-electron chi connectivity index (χ1n) is 5.00. The second kappa shape index (κ2) is 6.56. The van der Waals surface area contributed by atoms with Crippen LogP contribution in [0, 0.1) is 0 Å². The Balaban J connectivity index is 2.27. The van der Waals surface area contributed by atoms with Gasteiger partial charge >= 0.3 is 0 Å². The predicted octanol–water partition coefficient (Wildman–Crippen LogP) is 1.36. The third-order valence-electron chi connectivity index (χ3n) is 1.90. The molecular formula is C10H18N2O2. The first kappa shape index (κ1) is 11.2. The summed E-state index contributed by atoms with van der Waals surface area (Å²) in [6.45, 7) is 4.47. The summed E-state index contributed by atoms with van der Waals surface area (Å²) >= 11 is 0. The average Bonchev–Trinajstić information content (AvgIpc) is 2.63. The molecule has 80 valence electrons. The molecular weight excluding hydrogens is 180 g/mol. The molecule has 0 spiro atoms. The van der Waals surface area contributed by atoms with E-state index in [4.69, 9.17) is 9.15 Å². The van der Waals surface area contributed by atoms with Crippen LogP contribution in [-0.4, -0.2) is 25.2 Å². The fourth-order valence-corrected chi connectivity index (χ4v) is 1.17. The van der Waals surface area contributed by atoms with E-state index in [0.717, 1.165) is 37.6 Å². The standard InChI is InChI=1S/C10H18N2O2/c1-3-11-8-10-12-7-9(14-10)5-4-6-13-2/h7,11H,3-6,8H2,1-2H3. The van der Waals surface area contributed by atoms with Crippen LogP contribution in [0.5, 0.6) is 0 Å². The Hall–Kier alpha value is -0.870. The molecule has 1 aromatic heterocycles. The molecule has 0 atom stereocenters. The van der Waals surface area contributed by atoms with Crippen molar-refractivity contribution in [3.8, 4) is 0 Å². The minimum atomic E-state index is 0.709. The van der Waals surface area contributed by atoms with Crippen LogP contribution >= 0.6 is 0 Å². The van der Waals surface area contributed by atoms with E-state index >= 15 is 0 Å². The van der Waals surface area contributed by atoms with Gasteiger partial charge in [-0.25, -0.2) is 4.98 Å². The number of ether oxygens (including phenoxy) is 1. The van der Waals surface area contributed by atoms with Crippen molar-refractivity contribution in [2.24, 2.45) is 0 Å². The Kier molecular flexibility index (Phi) is 5.25. The van der Waals surface area contributed by atoms with Crippen molar-refractivity contribution in [3.05, 3.63) is 17.8 Å². The van der Waals surface area contributed by atoms with Crippen LogP contribution in [0.25, 0.3) is 0 Å². The van der Waals surface area contributed by atoms with Crippen molar-refractivity contribution in [3.63, 3.8) is 0 Å². The third-order valence-corrected chi connectivity index (χ3v) is 1.90. The van der Waals surface area contributed by atoms with Gasteiger partial charge in [-0.2, -0.15) is 0 Å². The fraction of sp³-hybridized carbons (Fsp3) is 0.700. The van der Waals surface area contributed by atoms with Gasteiger partial charge in [0.25, 0.3) is 0 Å². The molecule has 0 radical (unpaired) electrons. The first-order valence-corrected chi connectivity index (χ1v) is 5.00. The molecule has 1 rings (SSSR count). The number of methoxy groups -OCH3 is 1. The third kappa shape index (κ3) is 3.89. The highest BCUT2D eigenvalue weighted by atomic mass is 16.5. The quantitative estimate of drug-likeness (QED) is 0.672. The molecule has 0 aliphatic heterocycles. The fourth-order valence-electron chi connectivity index (χ4n) is 1.17. The monoisotopic (exact) mass is 198 g/mol. The van der Waals surface area contributed by atoms with Gasteiger partial charge in [0.1, 0.15) is 5.76 Å². The first-order chi connectivity index (χ1) is 6.86. The maximum absolute atomic E-state index is 5.50. The molecule has 1 aromatic rings. The van der Waals surface area contributed by atoms with Gasteiger partial charge in [0.15, 0.2) is 0 Å². The van der Waals surface area contributed by atoms with E-state index in [1.54, 1.807) is 13.3 Å². The molecule has 1 N–H and O–H groups in total. The summed E-state index contributed by atoms with van der Waals surface area (Å²) < 4.78 is 10.5. The predicted molar refractivity (Wildman–Crippen MR) is 54.1 cm³/mol. The summed E-state index contributed by atoms with van der Waals surface area (Å²) in [5.74, 6) is 1.70. The van der Waals surface area contributed by atoms with Gasteiger partial charge in [-0.1, -0.05) is 6.92 Å². The summed E-state index contributed by atoms with van der Waals surface area (Å²) in [4.78, 5) is 4.16. The lowest BCUT2D eigenvalue weighted by molar-refractivity contribution is 0.193. The zero-order valence-electron chi connectivity index (χ0n) is 8.88. The van der Waals surface area contributed by atoms with Crippen LogP contribution < -0.4 is 5.32 Å². The highest BCUT2D eigenvalue weighted by Gasteiger charge is 2.02. The number of aromatic nitrogens is 1. The van der Waals surface area contributed by atoms with Crippen molar-refractivity contribution < 1.29 is 9.15 Å². The summed E-state index contributed by atoms with van der Waals surface area (Å²) in [5.41, 5.74) is 0. The summed E-state index contributed by atoms with van der Waals surface area (Å²) in [5, 5.41) is 3.16. The van der Waals surface area contributed by atoms with Crippen molar-refractivity contribution in [1.29, 1.82) is 0 Å². The van der Waals surface area contributed by atoms with E-state index in [1.807, 2.05) is 0 Å². The summed E-state index contributed by atoms with van der Waals surface area (Å²) in [6.07, 6.45) is 3.67. The lowest BCUT2D eigenvalue weighted by Crippen LogP contribution is -2.11. The van der Waals surface area contributed by atoms with Gasteiger partial charge < -0.3 is 14.5 Å². The van der Waals surface area contributed by atoms with Gasteiger partial charge in [-0.15, -0.1) is 0 Å². The number of hydrogen-bond acceptors (Lipinski definition) is 4. The Morgan fingerprint density at radius 2 is 2.43 bits per heavy atom. The molecule has 0 aliphatic carbocycles. The van der Waals surface area contributed by atoms with Crippen LogP contribution in [0.3, 0.4) is 0 Å². The molecule has 0 unspecified atom stereocenters. The molecule has 0 amide bonds. The Morgan fingerprint density at radius 3 is 3.14 bits per heavy atom. The lowest BCUT2D eigenvalue weighted by atomic mass is 10.3. The number of rotatable bonds is 7. The van der Waals surface area contributed by atoms with Crippen LogP contribution in [0.2, 0.25) is 0 Å². The van der Waals surface area contributed by atoms with Crippen molar-refractivity contribution in [2.75, 3.05) is 20.3 Å². The van der Waals surface area contributed by atoms with E-state index in [0.29, 0.717) is 6.54 Å². The Morgan fingerprint density at radius 1 is 1.57 bits per heavy atom. The number of nitrogens with zero attached hydrogens (tertiary/aromatic N) is 1. The minimum absolute atomic E-state index is 0.709. The zero-order chi connectivity index (χ0) is 10.2. The molecule has 4 heteroatoms. The minimum Gasteiger partial charge on any atom is -0.444 e. The summed E-state index contributed by atoms with van der Waals surface area (Å²) in [7, 11) is 1.71. The molecule has 0 aromatic carbocycles. The van der Waals surface area contributed by atoms with E-state index in [-0.39, 0.29) is 0 Å². The van der Waals surface area contributed by atoms with E-state index in [1.165, 1.54) is 0 Å². The number of oxazole rings is 1. The van der Waals surface area contributed by atoms with Crippen molar-refractivity contribution >= 4 is 0 Å². The van der Waals surface area contributed by atoms with Crippen molar-refractivity contribution in [2.45, 2.75) is 26.3 Å². The topological polar surface area (TPSA) is 47.3 Å². The van der Waals surface area contributed by atoms with Gasteiger partial charge in [-0.3, -0.25) is 0 Å². The average molecular weight is 198 g/mol. The highest BCUT2D eigenvalue weighted by molar-refractivity contribution is 4.94. The molecule has 0 fully saturated rings. The Bertz CT molecular complexity index is 248. The zero-order valence-corrected chi connectivity index (χ0v) is 8.88. The normalized spacial score (nSPS) is 10.7. The van der Waals surface area contributed by atoms with Gasteiger partial charge in [0, 0.05) is 20.1 Å². The lowest BCUT2D eigenvalue weighted by Gasteiger charge is -1.96. The SMILES string of the molecule is CCNCc1ncc(CCCOC)o1. The summed E-state index contributed by atoms with van der Waals surface area (Å²) in [6, 6.07) is 0. The molecule has 4 nitrogen and oxygen atoms in total. The maximum atomic E-state index is 5.50. The van der Waals surface area contributed by atoms with Gasteiger partial charge in [0.05, 0.1) is 12.7 Å². The van der Waals surface area contributed by atoms with E-state index < -0.39 is 0 Å². The molecule has 0 bridgehead atoms. The second-order valence-electron chi connectivity index (χ2n) is 3.10. The Labute approximate surface area is 84.7 Å².